The van der Waals surface area contributed by atoms with Gasteiger partial charge in [0.25, 0.3) is 0 Å². The smallest absolute Gasteiger partial charge is 0.0584 e. The van der Waals surface area contributed by atoms with Crippen LogP contribution in [0.4, 0.5) is 0 Å². The topological polar surface area (TPSA) is 32.3 Å². The Balaban J connectivity index is 1.86. The van der Waals surface area contributed by atoms with E-state index in [9.17, 15) is 5.11 Å². The first-order valence-corrected chi connectivity index (χ1v) is 6.29. The Morgan fingerprint density at radius 2 is 2.20 bits per heavy atom. The maximum atomic E-state index is 9.17. The number of hydrogen-bond acceptors (Lipinski definition) is 2. The lowest BCUT2D eigenvalue weighted by Crippen LogP contribution is -2.43. The summed E-state index contributed by atoms with van der Waals surface area (Å²) in [5.74, 6) is 2.44. The Kier molecular flexibility index (Phi) is 3.47. The predicted octanol–water partition coefficient (Wildman–Crippen LogP) is 1.95. The van der Waals surface area contributed by atoms with E-state index in [0.717, 1.165) is 24.2 Å². The lowest BCUT2D eigenvalue weighted by Gasteiger charge is -2.29. The number of nitrogens with one attached hydrogen (secondary N) is 1. The van der Waals surface area contributed by atoms with Crippen molar-refractivity contribution in [1.82, 2.24) is 5.32 Å². The molecule has 2 N–H and O–H groups in total. The van der Waals surface area contributed by atoms with Crippen molar-refractivity contribution in [3.05, 3.63) is 12.2 Å². The highest BCUT2D eigenvalue weighted by molar-refractivity contribution is 5.11. The van der Waals surface area contributed by atoms with Crippen molar-refractivity contribution in [3.63, 3.8) is 0 Å². The van der Waals surface area contributed by atoms with Crippen LogP contribution in [0.5, 0.6) is 0 Å². The lowest BCUT2D eigenvalue weighted by molar-refractivity contribution is 0.208. The lowest BCUT2D eigenvalue weighted by atomic mass is 9.87. The molecule has 0 spiro atoms. The fraction of sp³-hybridized carbons (Fsp3) is 0.846. The molecule has 86 valence electrons. The van der Waals surface area contributed by atoms with Crippen LogP contribution in [0.25, 0.3) is 0 Å². The van der Waals surface area contributed by atoms with Gasteiger partial charge in [-0.3, -0.25) is 0 Å². The summed E-state index contributed by atoms with van der Waals surface area (Å²) in [6.45, 7) is 4.66. The molecule has 4 unspecified atom stereocenters. The minimum atomic E-state index is 0.261. The summed E-state index contributed by atoms with van der Waals surface area (Å²) in [4.78, 5) is 0. The van der Waals surface area contributed by atoms with Crippen LogP contribution in [0.15, 0.2) is 12.2 Å². The van der Waals surface area contributed by atoms with Crippen molar-refractivity contribution in [1.29, 1.82) is 0 Å². The van der Waals surface area contributed by atoms with Crippen LogP contribution in [-0.4, -0.2) is 23.8 Å². The molecular weight excluding hydrogens is 186 g/mol. The zero-order chi connectivity index (χ0) is 10.8. The van der Waals surface area contributed by atoms with Crippen LogP contribution in [0.2, 0.25) is 0 Å². The van der Waals surface area contributed by atoms with Crippen molar-refractivity contribution in [2.75, 3.05) is 6.61 Å². The summed E-state index contributed by atoms with van der Waals surface area (Å²) >= 11 is 0. The molecule has 0 amide bonds. The van der Waals surface area contributed by atoms with Gasteiger partial charge >= 0.3 is 0 Å². The second-order valence-corrected chi connectivity index (χ2v) is 5.19. The molecule has 15 heavy (non-hydrogen) atoms. The third-order valence-corrected chi connectivity index (χ3v) is 4.18. The molecule has 0 aliphatic heterocycles. The number of aliphatic hydroxyl groups excluding tert-OH is 1. The Labute approximate surface area is 92.8 Å². The third-order valence-electron chi connectivity index (χ3n) is 4.18. The average molecular weight is 209 g/mol. The summed E-state index contributed by atoms with van der Waals surface area (Å²) in [5, 5.41) is 12.7. The first-order valence-electron chi connectivity index (χ1n) is 6.29. The van der Waals surface area contributed by atoms with Crippen LogP contribution >= 0.6 is 0 Å². The average Bonchev–Trinajstić information content (AvgIpc) is 2.87. The van der Waals surface area contributed by atoms with Gasteiger partial charge in [-0.05, 0) is 43.9 Å². The van der Waals surface area contributed by atoms with E-state index in [1.807, 2.05) is 0 Å². The fourth-order valence-corrected chi connectivity index (χ4v) is 3.19. The molecule has 0 radical (unpaired) electrons. The SMILES string of the molecule is CC[C@@H](CO)NC(C)C1CC2C=CC1C2. The second-order valence-electron chi connectivity index (χ2n) is 5.19. The molecule has 2 heteroatoms. The molecule has 1 saturated carbocycles. The Morgan fingerprint density at radius 3 is 2.67 bits per heavy atom. The Bertz CT molecular complexity index is 235. The highest BCUT2D eigenvalue weighted by Crippen LogP contribution is 2.44. The van der Waals surface area contributed by atoms with Crippen LogP contribution < -0.4 is 5.32 Å². The van der Waals surface area contributed by atoms with E-state index in [2.05, 4.69) is 31.3 Å². The van der Waals surface area contributed by atoms with Crippen molar-refractivity contribution in [2.45, 2.75) is 45.2 Å². The van der Waals surface area contributed by atoms with Gasteiger partial charge in [0.2, 0.25) is 0 Å². The molecule has 1 fully saturated rings. The molecular formula is C13H23NO. The van der Waals surface area contributed by atoms with Crippen LogP contribution in [0, 0.1) is 17.8 Å². The van der Waals surface area contributed by atoms with E-state index in [1.54, 1.807) is 0 Å². The number of hydrogen-bond donors (Lipinski definition) is 2. The molecule has 0 aromatic heterocycles. The maximum Gasteiger partial charge on any atom is 0.0584 e. The molecule has 2 rings (SSSR count). The van der Waals surface area contributed by atoms with Crippen LogP contribution in [0.1, 0.15) is 33.1 Å². The minimum Gasteiger partial charge on any atom is -0.395 e. The summed E-state index contributed by atoms with van der Waals surface area (Å²) in [6.07, 6.45) is 8.51. The van der Waals surface area contributed by atoms with E-state index in [0.29, 0.717) is 6.04 Å². The van der Waals surface area contributed by atoms with E-state index in [-0.39, 0.29) is 12.6 Å². The fourth-order valence-electron chi connectivity index (χ4n) is 3.19. The molecule has 2 aliphatic rings. The van der Waals surface area contributed by atoms with Gasteiger partial charge in [0, 0.05) is 12.1 Å². The van der Waals surface area contributed by atoms with Crippen LogP contribution in [0.3, 0.4) is 0 Å². The quantitative estimate of drug-likeness (QED) is 0.678. The monoisotopic (exact) mass is 209 g/mol. The van der Waals surface area contributed by atoms with Crippen LogP contribution in [-0.2, 0) is 0 Å². The molecule has 2 bridgehead atoms. The Morgan fingerprint density at radius 1 is 1.40 bits per heavy atom. The van der Waals surface area contributed by atoms with E-state index in [4.69, 9.17) is 0 Å². The number of fused-ring (bicyclic) bond motifs is 2. The highest BCUT2D eigenvalue weighted by atomic mass is 16.3. The van der Waals surface area contributed by atoms with Gasteiger partial charge in [0.1, 0.15) is 0 Å². The third kappa shape index (κ3) is 2.26. The van der Waals surface area contributed by atoms with Gasteiger partial charge in [-0.2, -0.15) is 0 Å². The molecule has 2 nitrogen and oxygen atoms in total. The van der Waals surface area contributed by atoms with Crippen molar-refractivity contribution < 1.29 is 5.11 Å². The van der Waals surface area contributed by atoms with Crippen molar-refractivity contribution in [3.8, 4) is 0 Å². The number of allylic oxidation sites excluding steroid dienone is 2. The summed E-state index contributed by atoms with van der Waals surface area (Å²) in [7, 11) is 0. The maximum absolute atomic E-state index is 9.17. The normalized spacial score (nSPS) is 37.1. The van der Waals surface area contributed by atoms with Gasteiger partial charge in [0.15, 0.2) is 0 Å². The van der Waals surface area contributed by atoms with Gasteiger partial charge < -0.3 is 10.4 Å². The van der Waals surface area contributed by atoms with Gasteiger partial charge in [-0.25, -0.2) is 0 Å². The first-order chi connectivity index (χ1) is 7.24. The molecule has 0 saturated heterocycles. The van der Waals surface area contributed by atoms with E-state index < -0.39 is 0 Å². The number of rotatable bonds is 5. The Hall–Kier alpha value is -0.340. The standard InChI is InChI=1S/C13H23NO/c1-3-12(8-15)14-9(2)13-7-10-4-5-11(13)6-10/h4-5,9-15H,3,6-8H2,1-2H3/t9?,10?,11?,12-,13?/m0/s1. The molecule has 2 aliphatic carbocycles. The van der Waals surface area contributed by atoms with Gasteiger partial charge in [-0.15, -0.1) is 0 Å². The molecule has 5 atom stereocenters. The van der Waals surface area contributed by atoms with Gasteiger partial charge in [-0.1, -0.05) is 19.1 Å². The summed E-state index contributed by atoms with van der Waals surface area (Å²) in [5.41, 5.74) is 0. The highest BCUT2D eigenvalue weighted by Gasteiger charge is 2.38. The zero-order valence-electron chi connectivity index (χ0n) is 9.82. The predicted molar refractivity (Wildman–Crippen MR) is 62.6 cm³/mol. The summed E-state index contributed by atoms with van der Waals surface area (Å²) < 4.78 is 0. The minimum absolute atomic E-state index is 0.261. The van der Waals surface area contributed by atoms with Gasteiger partial charge in [0.05, 0.1) is 6.61 Å². The second kappa shape index (κ2) is 4.67. The molecule has 0 aromatic carbocycles. The number of aliphatic hydroxyl groups is 1. The van der Waals surface area contributed by atoms with Crippen molar-refractivity contribution in [2.24, 2.45) is 17.8 Å². The molecule has 0 heterocycles. The summed E-state index contributed by atoms with van der Waals surface area (Å²) in [6, 6.07) is 0.824. The van der Waals surface area contributed by atoms with E-state index in [1.165, 1.54) is 12.8 Å². The first kappa shape index (κ1) is 11.2. The zero-order valence-corrected chi connectivity index (χ0v) is 9.82. The van der Waals surface area contributed by atoms with Crippen molar-refractivity contribution >= 4 is 0 Å². The van der Waals surface area contributed by atoms with E-state index >= 15 is 0 Å². The molecule has 0 aromatic rings. The largest absolute Gasteiger partial charge is 0.395 e.